The summed E-state index contributed by atoms with van der Waals surface area (Å²) in [6, 6.07) is 7.43. The lowest BCUT2D eigenvalue weighted by atomic mass is 10.1. The van der Waals surface area contributed by atoms with E-state index in [1.165, 1.54) is 0 Å². The molecule has 2 rings (SSSR count). The fourth-order valence-corrected chi connectivity index (χ4v) is 2.47. The predicted molar refractivity (Wildman–Crippen MR) is 76.4 cm³/mol. The third-order valence-electron chi connectivity index (χ3n) is 3.14. The number of carbonyl (C=O) groups is 2. The minimum Gasteiger partial charge on any atom is -0.343 e. The first-order valence-corrected chi connectivity index (χ1v) is 7.22. The molecule has 0 bridgehead atoms. The molecular formula is C14H17BrN2O2. The number of rotatable bonds is 4. The average molecular weight is 325 g/mol. The molecule has 2 amide bonds. The Balaban J connectivity index is 2.07. The van der Waals surface area contributed by atoms with E-state index in [4.69, 9.17) is 0 Å². The zero-order valence-electron chi connectivity index (χ0n) is 10.9. The Kier molecular flexibility index (Phi) is 4.58. The Morgan fingerprint density at radius 2 is 2.00 bits per heavy atom. The second kappa shape index (κ2) is 6.19. The van der Waals surface area contributed by atoms with Gasteiger partial charge in [-0.1, -0.05) is 41.4 Å². The summed E-state index contributed by atoms with van der Waals surface area (Å²) in [7, 11) is 0. The molecule has 1 heterocycles. The van der Waals surface area contributed by atoms with Gasteiger partial charge in [0.1, 0.15) is 6.04 Å². The molecule has 0 spiro atoms. The van der Waals surface area contributed by atoms with Crippen LogP contribution in [0.3, 0.4) is 0 Å². The van der Waals surface area contributed by atoms with E-state index < -0.39 is 0 Å². The summed E-state index contributed by atoms with van der Waals surface area (Å²) in [5.74, 6) is -0.0560. The zero-order valence-corrected chi connectivity index (χ0v) is 12.4. The van der Waals surface area contributed by atoms with Crippen LogP contribution in [0.1, 0.15) is 25.3 Å². The number of nitrogens with one attached hydrogen (secondary N) is 1. The molecule has 1 N–H and O–H groups in total. The lowest BCUT2D eigenvalue weighted by molar-refractivity contribution is -0.145. The van der Waals surface area contributed by atoms with Crippen LogP contribution in [-0.2, 0) is 16.1 Å². The number of amides is 2. The summed E-state index contributed by atoms with van der Waals surface area (Å²) in [6.45, 7) is 2.64. The van der Waals surface area contributed by atoms with Crippen LogP contribution in [0.5, 0.6) is 0 Å². The van der Waals surface area contributed by atoms with E-state index in [1.807, 2.05) is 31.2 Å². The van der Waals surface area contributed by atoms with E-state index in [2.05, 4.69) is 21.2 Å². The maximum Gasteiger partial charge on any atom is 0.245 e. The Bertz CT molecular complexity index is 473. The minimum absolute atomic E-state index is 0.0179. The average Bonchev–Trinajstić information content (AvgIpc) is 2.38. The summed E-state index contributed by atoms with van der Waals surface area (Å²) in [5, 5.41) is 2.75. The number of nitrogens with zero attached hydrogens (tertiary/aromatic N) is 1. The Morgan fingerprint density at radius 1 is 1.32 bits per heavy atom. The SMILES string of the molecule is CCCC1NC(=O)CN(Cc2ccc(Br)cc2)C1=O. The van der Waals surface area contributed by atoms with Crippen molar-refractivity contribution in [2.24, 2.45) is 0 Å². The van der Waals surface area contributed by atoms with Gasteiger partial charge >= 0.3 is 0 Å². The second-order valence-electron chi connectivity index (χ2n) is 4.73. The molecule has 0 radical (unpaired) electrons. The first-order valence-electron chi connectivity index (χ1n) is 6.42. The molecule has 4 nitrogen and oxygen atoms in total. The molecule has 1 aromatic carbocycles. The molecule has 1 aromatic rings. The quantitative estimate of drug-likeness (QED) is 0.921. The largest absolute Gasteiger partial charge is 0.343 e. The van der Waals surface area contributed by atoms with Crippen molar-refractivity contribution in [2.45, 2.75) is 32.4 Å². The van der Waals surface area contributed by atoms with Crippen LogP contribution in [-0.4, -0.2) is 29.3 Å². The van der Waals surface area contributed by atoms with Crippen molar-refractivity contribution in [3.05, 3.63) is 34.3 Å². The highest BCUT2D eigenvalue weighted by molar-refractivity contribution is 9.10. The van der Waals surface area contributed by atoms with E-state index >= 15 is 0 Å². The van der Waals surface area contributed by atoms with E-state index in [0.29, 0.717) is 13.0 Å². The van der Waals surface area contributed by atoms with Crippen LogP contribution in [0.4, 0.5) is 0 Å². The highest BCUT2D eigenvalue weighted by Crippen LogP contribution is 2.15. The summed E-state index contributed by atoms with van der Waals surface area (Å²) in [5.41, 5.74) is 1.03. The maximum absolute atomic E-state index is 12.2. The van der Waals surface area contributed by atoms with Crippen LogP contribution in [0, 0.1) is 0 Å². The Morgan fingerprint density at radius 3 is 2.63 bits per heavy atom. The van der Waals surface area contributed by atoms with Crippen molar-refractivity contribution < 1.29 is 9.59 Å². The normalized spacial score (nSPS) is 19.5. The standard InChI is InChI=1S/C14H17BrN2O2/c1-2-3-12-14(19)17(9-13(18)16-12)8-10-4-6-11(15)7-5-10/h4-7,12H,2-3,8-9H2,1H3,(H,16,18). The molecular weight excluding hydrogens is 308 g/mol. The summed E-state index contributed by atoms with van der Waals surface area (Å²) >= 11 is 3.38. The molecule has 1 aliphatic heterocycles. The highest BCUT2D eigenvalue weighted by atomic mass is 79.9. The van der Waals surface area contributed by atoms with Crippen LogP contribution in [0.15, 0.2) is 28.7 Å². The minimum atomic E-state index is -0.360. The predicted octanol–water partition coefficient (Wildman–Crippen LogP) is 2.08. The summed E-state index contributed by atoms with van der Waals surface area (Å²) < 4.78 is 1.00. The molecule has 0 saturated carbocycles. The van der Waals surface area contributed by atoms with Gasteiger partial charge in [-0.25, -0.2) is 0 Å². The van der Waals surface area contributed by atoms with Crippen molar-refractivity contribution in [2.75, 3.05) is 6.54 Å². The molecule has 1 atom stereocenters. The smallest absolute Gasteiger partial charge is 0.245 e. The first-order chi connectivity index (χ1) is 9.10. The number of hydrogen-bond acceptors (Lipinski definition) is 2. The van der Waals surface area contributed by atoms with Gasteiger partial charge in [-0.2, -0.15) is 0 Å². The lowest BCUT2D eigenvalue weighted by Gasteiger charge is -2.32. The van der Waals surface area contributed by atoms with E-state index in [-0.39, 0.29) is 24.4 Å². The van der Waals surface area contributed by atoms with Crippen LogP contribution in [0.25, 0.3) is 0 Å². The molecule has 0 aromatic heterocycles. The van der Waals surface area contributed by atoms with Crippen molar-refractivity contribution in [3.63, 3.8) is 0 Å². The monoisotopic (exact) mass is 324 g/mol. The van der Waals surface area contributed by atoms with Gasteiger partial charge in [0.2, 0.25) is 11.8 Å². The topological polar surface area (TPSA) is 49.4 Å². The number of piperazine rings is 1. The van der Waals surface area contributed by atoms with Gasteiger partial charge in [-0.3, -0.25) is 9.59 Å². The molecule has 1 saturated heterocycles. The van der Waals surface area contributed by atoms with Crippen LogP contribution in [0.2, 0.25) is 0 Å². The zero-order chi connectivity index (χ0) is 13.8. The Labute approximate surface area is 121 Å². The summed E-state index contributed by atoms with van der Waals surface area (Å²) in [6.07, 6.45) is 1.57. The van der Waals surface area contributed by atoms with E-state index in [1.54, 1.807) is 4.90 Å². The van der Waals surface area contributed by atoms with E-state index in [9.17, 15) is 9.59 Å². The van der Waals surface area contributed by atoms with Crippen molar-refractivity contribution >= 4 is 27.7 Å². The third-order valence-corrected chi connectivity index (χ3v) is 3.67. The molecule has 19 heavy (non-hydrogen) atoms. The number of halogens is 1. The van der Waals surface area contributed by atoms with Crippen molar-refractivity contribution in [3.8, 4) is 0 Å². The van der Waals surface area contributed by atoms with Crippen LogP contribution < -0.4 is 5.32 Å². The van der Waals surface area contributed by atoms with Gasteiger partial charge in [-0.15, -0.1) is 0 Å². The number of benzene rings is 1. The lowest BCUT2D eigenvalue weighted by Crippen LogP contribution is -2.57. The molecule has 0 aliphatic carbocycles. The fraction of sp³-hybridized carbons (Fsp3) is 0.429. The fourth-order valence-electron chi connectivity index (χ4n) is 2.20. The molecule has 1 aliphatic rings. The maximum atomic E-state index is 12.2. The number of hydrogen-bond donors (Lipinski definition) is 1. The summed E-state index contributed by atoms with van der Waals surface area (Å²) in [4.78, 5) is 25.5. The third kappa shape index (κ3) is 3.56. The number of carbonyl (C=O) groups excluding carboxylic acids is 2. The Hall–Kier alpha value is -1.36. The highest BCUT2D eigenvalue weighted by Gasteiger charge is 2.31. The second-order valence-corrected chi connectivity index (χ2v) is 5.65. The molecule has 1 unspecified atom stereocenters. The molecule has 1 fully saturated rings. The van der Waals surface area contributed by atoms with Crippen LogP contribution >= 0.6 is 15.9 Å². The molecule has 102 valence electrons. The first kappa shape index (κ1) is 14.1. The van der Waals surface area contributed by atoms with Crippen molar-refractivity contribution in [1.29, 1.82) is 0 Å². The van der Waals surface area contributed by atoms with E-state index in [0.717, 1.165) is 16.5 Å². The van der Waals surface area contributed by atoms with Gasteiger partial charge < -0.3 is 10.2 Å². The van der Waals surface area contributed by atoms with Gasteiger partial charge in [-0.05, 0) is 24.1 Å². The van der Waals surface area contributed by atoms with Crippen molar-refractivity contribution in [1.82, 2.24) is 10.2 Å². The molecule has 5 heteroatoms. The van der Waals surface area contributed by atoms with Gasteiger partial charge in [0, 0.05) is 11.0 Å². The van der Waals surface area contributed by atoms with Gasteiger partial charge in [0.05, 0.1) is 6.54 Å². The van der Waals surface area contributed by atoms with Gasteiger partial charge in [0.15, 0.2) is 0 Å². The van der Waals surface area contributed by atoms with Gasteiger partial charge in [0.25, 0.3) is 0 Å².